The summed E-state index contributed by atoms with van der Waals surface area (Å²) in [7, 11) is 1.26. The number of nitrogens with one attached hydrogen (secondary N) is 3. The monoisotopic (exact) mass is 662 g/mol. The van der Waals surface area contributed by atoms with Crippen LogP contribution in [0, 0.1) is 17.8 Å². The van der Waals surface area contributed by atoms with Crippen molar-refractivity contribution in [2.75, 3.05) is 12.4 Å². The standard InChI is InChI=1S/C37H50N4O7/c1-9-21-37(7,36(4,5)6)29(10-2)40-30(42)23-41-22-15-18-27(35(41)46)39-33(44)26(17-12-14-20-31(43)47-8)38-34(45)32-24(3)25-16-11-13-19-28(25)48-32/h11,13-16,18-20,22,26,29H,9-10,12,17,21,23H2,1-8H3,(H,38,45)(H,39,44)(H,40,42)/b20-14+. The summed E-state index contributed by atoms with van der Waals surface area (Å²) < 4.78 is 11.6. The van der Waals surface area contributed by atoms with Gasteiger partial charge in [-0.15, -0.1) is 0 Å². The van der Waals surface area contributed by atoms with Gasteiger partial charge < -0.3 is 29.7 Å². The first-order valence-electron chi connectivity index (χ1n) is 16.5. The normalized spacial score (nSPS) is 14.2. The highest BCUT2D eigenvalue weighted by Gasteiger charge is 2.43. The highest BCUT2D eigenvalue weighted by Crippen LogP contribution is 2.46. The maximum absolute atomic E-state index is 13.6. The van der Waals surface area contributed by atoms with Gasteiger partial charge in [-0.3, -0.25) is 19.2 Å². The molecular formula is C37H50N4O7. The van der Waals surface area contributed by atoms with Crippen molar-refractivity contribution in [2.24, 2.45) is 10.8 Å². The number of esters is 1. The van der Waals surface area contributed by atoms with E-state index in [1.807, 2.05) is 19.1 Å². The fraction of sp³-hybridized carbons (Fsp3) is 0.486. The fourth-order valence-corrected chi connectivity index (χ4v) is 6.07. The molecule has 3 unspecified atom stereocenters. The van der Waals surface area contributed by atoms with E-state index < -0.39 is 29.4 Å². The Hall–Kier alpha value is -4.67. The van der Waals surface area contributed by atoms with Gasteiger partial charge in [0.15, 0.2) is 5.76 Å². The summed E-state index contributed by atoms with van der Waals surface area (Å²) in [6.45, 7) is 14.4. The Labute approximate surface area is 282 Å². The molecular weight excluding hydrogens is 612 g/mol. The van der Waals surface area contributed by atoms with E-state index in [0.717, 1.165) is 24.6 Å². The zero-order valence-corrected chi connectivity index (χ0v) is 29.4. The van der Waals surface area contributed by atoms with Crippen LogP contribution in [0.4, 0.5) is 5.69 Å². The summed E-state index contributed by atoms with van der Waals surface area (Å²) >= 11 is 0. The van der Waals surface area contributed by atoms with E-state index in [2.05, 4.69) is 55.3 Å². The minimum Gasteiger partial charge on any atom is -0.466 e. The zero-order chi connectivity index (χ0) is 35.6. The maximum Gasteiger partial charge on any atom is 0.330 e. The van der Waals surface area contributed by atoms with E-state index in [4.69, 9.17) is 4.42 Å². The largest absolute Gasteiger partial charge is 0.466 e. The maximum atomic E-state index is 13.6. The number of carbonyl (C=O) groups is 4. The molecule has 0 spiro atoms. The van der Waals surface area contributed by atoms with Gasteiger partial charge in [-0.1, -0.05) is 72.2 Å². The van der Waals surface area contributed by atoms with Crippen LogP contribution in [0.3, 0.4) is 0 Å². The number of hydrogen-bond acceptors (Lipinski definition) is 7. The van der Waals surface area contributed by atoms with Crippen LogP contribution < -0.4 is 21.5 Å². The van der Waals surface area contributed by atoms with Crippen molar-refractivity contribution >= 4 is 40.3 Å². The fourth-order valence-electron chi connectivity index (χ4n) is 6.07. The van der Waals surface area contributed by atoms with Gasteiger partial charge in [0.25, 0.3) is 11.5 Å². The Kier molecular flexibility index (Phi) is 12.9. The number of fused-ring (bicyclic) bond motifs is 1. The lowest BCUT2D eigenvalue weighted by Crippen LogP contribution is -2.53. The van der Waals surface area contributed by atoms with Crippen molar-refractivity contribution in [1.29, 1.82) is 0 Å². The van der Waals surface area contributed by atoms with Crippen LogP contribution in [0.5, 0.6) is 0 Å². The lowest BCUT2D eigenvalue weighted by molar-refractivity contribution is -0.134. The van der Waals surface area contributed by atoms with Gasteiger partial charge in [-0.25, -0.2) is 4.79 Å². The average molecular weight is 663 g/mol. The van der Waals surface area contributed by atoms with Gasteiger partial charge in [0, 0.05) is 29.3 Å². The number of amides is 3. The quantitative estimate of drug-likeness (QED) is 0.136. The average Bonchev–Trinajstić information content (AvgIpc) is 3.38. The van der Waals surface area contributed by atoms with Crippen LogP contribution in [0.2, 0.25) is 0 Å². The predicted molar refractivity (Wildman–Crippen MR) is 187 cm³/mol. The summed E-state index contributed by atoms with van der Waals surface area (Å²) in [5, 5.41) is 9.29. The van der Waals surface area contributed by atoms with Crippen molar-refractivity contribution in [3.8, 4) is 0 Å². The Bertz CT molecular complexity index is 1700. The molecule has 0 aliphatic carbocycles. The Morgan fingerprint density at radius 3 is 2.35 bits per heavy atom. The van der Waals surface area contributed by atoms with E-state index in [1.54, 1.807) is 25.1 Å². The summed E-state index contributed by atoms with van der Waals surface area (Å²) in [5.74, 6) is -2.03. The third kappa shape index (κ3) is 9.02. The number of anilines is 1. The first kappa shape index (κ1) is 37.8. The molecule has 3 N–H and O–H groups in total. The first-order valence-corrected chi connectivity index (χ1v) is 16.5. The molecule has 0 aliphatic rings. The molecule has 3 rings (SSSR count). The van der Waals surface area contributed by atoms with E-state index >= 15 is 0 Å². The number of carbonyl (C=O) groups excluding carboxylic acids is 4. The molecule has 0 bridgehead atoms. The Morgan fingerprint density at radius 1 is 1.02 bits per heavy atom. The SMILES string of the molecule is CCCC(C)(C(CC)NC(=O)Cn1cccc(NC(=O)C(CC/C=C/C(=O)OC)NC(=O)c2oc3ccccc3c2C)c1=O)C(C)(C)C. The molecule has 0 saturated heterocycles. The van der Waals surface area contributed by atoms with Gasteiger partial charge in [-0.2, -0.15) is 0 Å². The summed E-state index contributed by atoms with van der Waals surface area (Å²) in [4.78, 5) is 65.1. The molecule has 1 aromatic carbocycles. The second-order valence-corrected chi connectivity index (χ2v) is 13.4. The minimum absolute atomic E-state index is 0.0443. The van der Waals surface area contributed by atoms with Crippen LogP contribution in [-0.4, -0.2) is 47.5 Å². The number of para-hydroxylation sites is 1. The molecule has 0 radical (unpaired) electrons. The molecule has 0 fully saturated rings. The van der Waals surface area contributed by atoms with Crippen molar-refractivity contribution in [3.05, 3.63) is 76.4 Å². The molecule has 48 heavy (non-hydrogen) atoms. The van der Waals surface area contributed by atoms with Crippen LogP contribution >= 0.6 is 0 Å². The lowest BCUT2D eigenvalue weighted by atomic mass is 9.60. The molecule has 0 aliphatic heterocycles. The number of allylic oxidation sites excluding steroid dienone is 1. The zero-order valence-electron chi connectivity index (χ0n) is 29.4. The van der Waals surface area contributed by atoms with Gasteiger partial charge in [0.05, 0.1) is 7.11 Å². The summed E-state index contributed by atoms with van der Waals surface area (Å²) in [6.07, 6.45) is 7.26. The van der Waals surface area contributed by atoms with E-state index in [0.29, 0.717) is 11.1 Å². The number of hydrogen-bond donors (Lipinski definition) is 3. The summed E-state index contributed by atoms with van der Waals surface area (Å²) in [5.41, 5.74) is 0.318. The number of rotatable bonds is 15. The Morgan fingerprint density at radius 2 is 1.73 bits per heavy atom. The highest BCUT2D eigenvalue weighted by molar-refractivity contribution is 6.03. The molecule has 0 saturated carbocycles. The number of methoxy groups -OCH3 is 1. The molecule has 260 valence electrons. The van der Waals surface area contributed by atoms with E-state index in [9.17, 15) is 24.0 Å². The van der Waals surface area contributed by atoms with Gasteiger partial charge in [0.2, 0.25) is 11.8 Å². The predicted octanol–water partition coefficient (Wildman–Crippen LogP) is 5.90. The van der Waals surface area contributed by atoms with Crippen molar-refractivity contribution in [3.63, 3.8) is 0 Å². The second kappa shape index (κ2) is 16.4. The third-order valence-electron chi connectivity index (χ3n) is 9.34. The van der Waals surface area contributed by atoms with E-state index in [1.165, 1.54) is 36.1 Å². The number of furan rings is 1. The van der Waals surface area contributed by atoms with Gasteiger partial charge in [0.1, 0.15) is 23.9 Å². The molecule has 2 heterocycles. The molecule has 3 aromatic rings. The first-order chi connectivity index (χ1) is 22.7. The molecule has 2 aromatic heterocycles. The van der Waals surface area contributed by atoms with Crippen LogP contribution in [-0.2, 0) is 25.7 Å². The number of nitrogens with zero attached hydrogens (tertiary/aromatic N) is 1. The number of aryl methyl sites for hydroxylation is 1. The van der Waals surface area contributed by atoms with Crippen LogP contribution in [0.25, 0.3) is 11.0 Å². The van der Waals surface area contributed by atoms with Crippen LogP contribution in [0.15, 0.2) is 64.0 Å². The minimum atomic E-state index is -1.09. The Balaban J connectivity index is 1.80. The molecule has 3 amide bonds. The number of pyridine rings is 1. The number of aromatic nitrogens is 1. The van der Waals surface area contributed by atoms with E-state index in [-0.39, 0.29) is 53.6 Å². The second-order valence-electron chi connectivity index (χ2n) is 13.4. The van der Waals surface area contributed by atoms with Crippen LogP contribution in [0.1, 0.15) is 89.8 Å². The lowest BCUT2D eigenvalue weighted by Gasteiger charge is -2.48. The van der Waals surface area contributed by atoms with Gasteiger partial charge >= 0.3 is 5.97 Å². The van der Waals surface area contributed by atoms with Crippen molar-refractivity contribution < 1.29 is 28.3 Å². The van der Waals surface area contributed by atoms with Gasteiger partial charge in [-0.05, 0) is 61.6 Å². The smallest absolute Gasteiger partial charge is 0.330 e. The number of benzene rings is 1. The topological polar surface area (TPSA) is 149 Å². The van der Waals surface area contributed by atoms with Crippen molar-refractivity contribution in [1.82, 2.24) is 15.2 Å². The van der Waals surface area contributed by atoms with Crippen molar-refractivity contribution in [2.45, 2.75) is 99.2 Å². The third-order valence-corrected chi connectivity index (χ3v) is 9.34. The molecule has 11 heteroatoms. The number of ether oxygens (including phenoxy) is 1. The molecule has 3 atom stereocenters. The molecule has 11 nitrogen and oxygen atoms in total. The highest BCUT2D eigenvalue weighted by atomic mass is 16.5. The summed E-state index contributed by atoms with van der Waals surface area (Å²) in [6, 6.07) is 9.04.